The van der Waals surface area contributed by atoms with E-state index in [-0.39, 0.29) is 18.9 Å². The molecule has 0 aliphatic heterocycles. The van der Waals surface area contributed by atoms with Crippen molar-refractivity contribution in [1.29, 1.82) is 0 Å². The Morgan fingerprint density at radius 1 is 1.29 bits per heavy atom. The van der Waals surface area contributed by atoms with Crippen LogP contribution in [0, 0.1) is 0 Å². The van der Waals surface area contributed by atoms with Gasteiger partial charge in [-0.2, -0.15) is 13.2 Å². The van der Waals surface area contributed by atoms with E-state index in [4.69, 9.17) is 0 Å². The molecule has 0 aliphatic carbocycles. The first-order valence-electron chi connectivity index (χ1n) is 3.28. The van der Waals surface area contributed by atoms with Crippen LogP contribution in [-0.2, 0) is 10.1 Å². The fourth-order valence-electron chi connectivity index (χ4n) is 0.607. The molecular formula is C5H7F4LiO3S. The SMILES string of the molecule is O=S(=O)([O-])C(F)CCCC(F)(F)F.[Li+]. The Kier molecular flexibility index (Phi) is 7.08. The fraction of sp³-hybridized carbons (Fsp3) is 1.00. The summed E-state index contributed by atoms with van der Waals surface area (Å²) >= 11 is 0. The minimum Gasteiger partial charge on any atom is -0.746 e. The maximum Gasteiger partial charge on any atom is 1.00 e. The Morgan fingerprint density at radius 2 is 1.71 bits per heavy atom. The predicted octanol–water partition coefficient (Wildman–Crippen LogP) is -1.44. The third kappa shape index (κ3) is 8.81. The molecule has 0 N–H and O–H groups in total. The average Bonchev–Trinajstić information content (AvgIpc) is 1.82. The maximum absolute atomic E-state index is 12.2. The summed E-state index contributed by atoms with van der Waals surface area (Å²) in [5, 5.41) is 0. The third-order valence-electron chi connectivity index (χ3n) is 1.20. The van der Waals surface area contributed by atoms with E-state index in [9.17, 15) is 30.5 Å². The van der Waals surface area contributed by atoms with E-state index >= 15 is 0 Å². The van der Waals surface area contributed by atoms with Crippen molar-refractivity contribution in [2.24, 2.45) is 0 Å². The van der Waals surface area contributed by atoms with Crippen molar-refractivity contribution < 1.29 is 49.4 Å². The standard InChI is InChI=1S/C5H8F4O3S.Li/c6-4(13(10,11)12)2-1-3-5(7,8)9;/h4H,1-3H2,(H,10,11,12);/q;+1/p-1. The Balaban J connectivity index is 0. The molecule has 0 saturated heterocycles. The average molecular weight is 230 g/mol. The molecule has 9 heteroatoms. The van der Waals surface area contributed by atoms with Crippen LogP contribution in [0.5, 0.6) is 0 Å². The number of hydrogen-bond donors (Lipinski definition) is 0. The van der Waals surface area contributed by atoms with Crippen molar-refractivity contribution in [2.75, 3.05) is 0 Å². The number of alkyl halides is 4. The van der Waals surface area contributed by atoms with Crippen molar-refractivity contribution >= 4 is 10.1 Å². The predicted molar refractivity (Wildman–Crippen MR) is 34.5 cm³/mol. The van der Waals surface area contributed by atoms with Gasteiger partial charge in [0.05, 0.1) is 0 Å². The van der Waals surface area contributed by atoms with Crippen molar-refractivity contribution in [3.63, 3.8) is 0 Å². The molecule has 0 spiro atoms. The van der Waals surface area contributed by atoms with Crippen LogP contribution in [0.2, 0.25) is 0 Å². The first kappa shape index (κ1) is 16.6. The second kappa shape index (κ2) is 5.95. The molecule has 3 nitrogen and oxygen atoms in total. The molecule has 0 heterocycles. The van der Waals surface area contributed by atoms with E-state index in [1.54, 1.807) is 0 Å². The van der Waals surface area contributed by atoms with E-state index in [1.165, 1.54) is 0 Å². The summed E-state index contributed by atoms with van der Waals surface area (Å²) in [6.45, 7) is 0. The number of rotatable bonds is 4. The van der Waals surface area contributed by atoms with Gasteiger partial charge in [-0.15, -0.1) is 0 Å². The molecule has 0 aromatic carbocycles. The molecule has 0 fully saturated rings. The summed E-state index contributed by atoms with van der Waals surface area (Å²) in [5.41, 5.74) is -2.74. The number of hydrogen-bond acceptors (Lipinski definition) is 3. The van der Waals surface area contributed by atoms with Gasteiger partial charge >= 0.3 is 25.0 Å². The van der Waals surface area contributed by atoms with E-state index in [1.807, 2.05) is 0 Å². The molecule has 0 radical (unpaired) electrons. The zero-order chi connectivity index (χ0) is 10.7. The van der Waals surface area contributed by atoms with E-state index < -0.39 is 41.1 Å². The van der Waals surface area contributed by atoms with Crippen molar-refractivity contribution in [2.45, 2.75) is 30.9 Å². The molecule has 0 aliphatic rings. The van der Waals surface area contributed by atoms with Crippen molar-refractivity contribution in [3.8, 4) is 0 Å². The summed E-state index contributed by atoms with van der Waals surface area (Å²) in [7, 11) is -5.10. The zero-order valence-corrected chi connectivity index (χ0v) is 8.16. The van der Waals surface area contributed by atoms with Gasteiger partial charge in [0.25, 0.3) is 0 Å². The van der Waals surface area contributed by atoms with Gasteiger partial charge in [0.1, 0.15) is 10.1 Å². The second-order valence-corrected chi connectivity index (χ2v) is 3.91. The Bertz CT molecular complexity index is 250. The normalized spacial score (nSPS) is 14.6. The van der Waals surface area contributed by atoms with Gasteiger partial charge in [-0.3, -0.25) is 0 Å². The molecule has 80 valence electrons. The van der Waals surface area contributed by atoms with Crippen LogP contribution in [0.4, 0.5) is 17.6 Å². The molecule has 0 aromatic heterocycles. The van der Waals surface area contributed by atoms with Crippen LogP contribution in [-0.4, -0.2) is 24.7 Å². The van der Waals surface area contributed by atoms with Crippen LogP contribution in [0.3, 0.4) is 0 Å². The van der Waals surface area contributed by atoms with Gasteiger partial charge < -0.3 is 4.55 Å². The van der Waals surface area contributed by atoms with Gasteiger partial charge in [-0.25, -0.2) is 12.8 Å². The summed E-state index contributed by atoms with van der Waals surface area (Å²) < 4.78 is 76.2. The van der Waals surface area contributed by atoms with Crippen LogP contribution >= 0.6 is 0 Å². The van der Waals surface area contributed by atoms with E-state index in [0.717, 1.165) is 0 Å². The summed E-state index contributed by atoms with van der Waals surface area (Å²) in [4.78, 5) is 0. The van der Waals surface area contributed by atoms with Crippen molar-refractivity contribution in [1.82, 2.24) is 0 Å². The molecule has 14 heavy (non-hydrogen) atoms. The first-order chi connectivity index (χ1) is 5.63. The molecule has 0 rings (SSSR count). The molecule has 0 amide bonds. The van der Waals surface area contributed by atoms with Gasteiger partial charge in [0.15, 0.2) is 5.50 Å². The van der Waals surface area contributed by atoms with Gasteiger partial charge in [0.2, 0.25) is 0 Å². The molecule has 1 unspecified atom stereocenters. The molecule has 1 atom stereocenters. The van der Waals surface area contributed by atoms with Crippen LogP contribution < -0.4 is 18.9 Å². The van der Waals surface area contributed by atoms with Crippen LogP contribution in [0.15, 0.2) is 0 Å². The summed E-state index contributed by atoms with van der Waals surface area (Å²) in [6.07, 6.45) is -7.35. The van der Waals surface area contributed by atoms with Gasteiger partial charge in [0, 0.05) is 6.42 Å². The van der Waals surface area contributed by atoms with E-state index in [2.05, 4.69) is 0 Å². The van der Waals surface area contributed by atoms with Crippen LogP contribution in [0.25, 0.3) is 0 Å². The Hall–Kier alpha value is 0.227. The van der Waals surface area contributed by atoms with E-state index in [0.29, 0.717) is 0 Å². The summed E-state index contributed by atoms with van der Waals surface area (Å²) in [6, 6.07) is 0. The molecule has 0 bridgehead atoms. The first-order valence-corrected chi connectivity index (χ1v) is 4.75. The smallest absolute Gasteiger partial charge is 0.746 e. The molecule has 0 saturated carbocycles. The van der Waals surface area contributed by atoms with Gasteiger partial charge in [-0.05, 0) is 12.8 Å². The largest absolute Gasteiger partial charge is 1.00 e. The second-order valence-electron chi connectivity index (χ2n) is 2.41. The Labute approximate surface area is 90.8 Å². The third-order valence-corrected chi connectivity index (χ3v) is 2.07. The van der Waals surface area contributed by atoms with Gasteiger partial charge in [-0.1, -0.05) is 0 Å². The quantitative estimate of drug-likeness (QED) is 0.338. The Morgan fingerprint density at radius 3 is 2.00 bits per heavy atom. The van der Waals surface area contributed by atoms with Crippen molar-refractivity contribution in [3.05, 3.63) is 0 Å². The number of halogens is 4. The monoisotopic (exact) mass is 230 g/mol. The minimum absolute atomic E-state index is 0. The van der Waals surface area contributed by atoms with Crippen LogP contribution in [0.1, 0.15) is 19.3 Å². The molecular weight excluding hydrogens is 223 g/mol. The minimum atomic E-state index is -5.10. The summed E-state index contributed by atoms with van der Waals surface area (Å²) in [5.74, 6) is 0. The fourth-order valence-corrected chi connectivity index (χ4v) is 1.06. The topological polar surface area (TPSA) is 57.2 Å². The maximum atomic E-state index is 12.2. The molecule has 0 aromatic rings. The zero-order valence-electron chi connectivity index (χ0n) is 7.34.